The molecule has 1 unspecified atom stereocenters. The van der Waals surface area contributed by atoms with E-state index in [1.54, 1.807) is 0 Å². The van der Waals surface area contributed by atoms with Crippen LogP contribution in [-0.2, 0) is 9.47 Å². The van der Waals surface area contributed by atoms with Gasteiger partial charge in [-0.15, -0.1) is 0 Å². The van der Waals surface area contributed by atoms with Gasteiger partial charge in [0.25, 0.3) is 0 Å². The predicted octanol–water partition coefficient (Wildman–Crippen LogP) is 1.01. The molecule has 0 rings (SSSR count). The fourth-order valence-electron chi connectivity index (χ4n) is 0.651. The van der Waals surface area contributed by atoms with E-state index in [4.69, 9.17) is 14.6 Å². The van der Waals surface area contributed by atoms with Gasteiger partial charge >= 0.3 is 0 Å². The first-order chi connectivity index (χ1) is 5.35. The molecule has 0 aromatic heterocycles. The molecule has 0 saturated heterocycles. The average molecular weight is 180 g/mol. The van der Waals surface area contributed by atoms with Crippen molar-refractivity contribution >= 4 is 8.58 Å². The van der Waals surface area contributed by atoms with Crippen LogP contribution in [-0.4, -0.2) is 37.1 Å². The maximum atomic E-state index is 8.55. The normalized spacial score (nSPS) is 12.0. The molecule has 1 N–H and O–H groups in total. The van der Waals surface area contributed by atoms with Crippen LogP contribution in [0.5, 0.6) is 0 Å². The van der Waals surface area contributed by atoms with Crippen molar-refractivity contribution in [3.8, 4) is 0 Å². The Morgan fingerprint density at radius 3 is 2.18 bits per heavy atom. The number of hydrogen-bond donors (Lipinski definition) is 1. The molecule has 3 nitrogen and oxygen atoms in total. The van der Waals surface area contributed by atoms with Crippen molar-refractivity contribution in [3.05, 3.63) is 0 Å². The Morgan fingerprint density at radius 2 is 1.82 bits per heavy atom. The summed E-state index contributed by atoms with van der Waals surface area (Å²) in [6.45, 7) is 5.44. The molecule has 0 aliphatic carbocycles. The Balaban J connectivity index is 3.34. The average Bonchev–Trinajstić information content (AvgIpc) is 2.01. The van der Waals surface area contributed by atoms with Gasteiger partial charge in [-0.25, -0.2) is 0 Å². The summed E-state index contributed by atoms with van der Waals surface area (Å²) in [4.78, 5) is 0. The molecule has 0 aliphatic rings. The number of aliphatic hydroxyl groups excluding tert-OH is 1. The van der Waals surface area contributed by atoms with Gasteiger partial charge in [-0.1, -0.05) is 8.58 Å². The molecule has 0 saturated carbocycles. The van der Waals surface area contributed by atoms with Gasteiger partial charge in [-0.3, -0.25) is 0 Å². The third-order valence-corrected chi connectivity index (χ3v) is 2.24. The zero-order valence-corrected chi connectivity index (χ0v) is 8.17. The van der Waals surface area contributed by atoms with E-state index in [9.17, 15) is 0 Å². The third kappa shape index (κ3) is 6.70. The molecule has 0 bridgehead atoms. The van der Waals surface area contributed by atoms with Crippen molar-refractivity contribution in [2.24, 2.45) is 0 Å². The summed E-state index contributed by atoms with van der Waals surface area (Å²) < 4.78 is 10.5. The van der Waals surface area contributed by atoms with E-state index in [0.29, 0.717) is 21.8 Å². The molecule has 0 radical (unpaired) electrons. The van der Waals surface area contributed by atoms with Crippen LogP contribution in [0.25, 0.3) is 0 Å². The highest BCUT2D eigenvalue weighted by Crippen LogP contribution is 2.20. The quantitative estimate of drug-likeness (QED) is 0.469. The molecule has 0 heterocycles. The topological polar surface area (TPSA) is 38.7 Å². The van der Waals surface area contributed by atoms with E-state index in [1.807, 2.05) is 13.8 Å². The summed E-state index contributed by atoms with van der Waals surface area (Å²) in [6.07, 6.45) is 0.769. The highest BCUT2D eigenvalue weighted by atomic mass is 31.1. The van der Waals surface area contributed by atoms with Crippen molar-refractivity contribution in [2.45, 2.75) is 19.9 Å². The standard InChI is InChI=1S/C7H17O3P/c1-3-9-7(10-4-2)11-6-5-8/h7-8,11H,3-6H2,1-2H3. The smallest absolute Gasteiger partial charge is 0.173 e. The zero-order chi connectivity index (χ0) is 8.53. The predicted molar refractivity (Wildman–Crippen MR) is 47.3 cm³/mol. The van der Waals surface area contributed by atoms with Gasteiger partial charge in [0.15, 0.2) is 6.03 Å². The molecule has 0 spiro atoms. The van der Waals surface area contributed by atoms with Gasteiger partial charge in [0.05, 0.1) is 0 Å². The van der Waals surface area contributed by atoms with Crippen LogP contribution >= 0.6 is 8.58 Å². The molecular formula is C7H17O3P. The summed E-state index contributed by atoms with van der Waals surface area (Å²) in [5, 5.41) is 8.55. The molecule has 68 valence electrons. The fourth-order valence-corrected chi connectivity index (χ4v) is 1.58. The maximum absolute atomic E-state index is 8.55. The highest BCUT2D eigenvalue weighted by Gasteiger charge is 2.05. The third-order valence-electron chi connectivity index (χ3n) is 1.06. The second-order valence-corrected chi connectivity index (χ2v) is 3.30. The van der Waals surface area contributed by atoms with E-state index in [2.05, 4.69) is 0 Å². The molecule has 0 fully saturated rings. The van der Waals surface area contributed by atoms with E-state index in [0.717, 1.165) is 6.16 Å². The van der Waals surface area contributed by atoms with E-state index in [1.165, 1.54) is 0 Å². The number of ether oxygens (including phenoxy) is 2. The van der Waals surface area contributed by atoms with Crippen molar-refractivity contribution < 1.29 is 14.6 Å². The monoisotopic (exact) mass is 180 g/mol. The SMILES string of the molecule is CCOC(OCC)PCCO. The van der Waals surface area contributed by atoms with Crippen molar-refractivity contribution in [3.63, 3.8) is 0 Å². The van der Waals surface area contributed by atoms with Crippen molar-refractivity contribution in [2.75, 3.05) is 26.0 Å². The van der Waals surface area contributed by atoms with Gasteiger partial charge in [0.2, 0.25) is 0 Å². The largest absolute Gasteiger partial charge is 0.396 e. The first-order valence-electron chi connectivity index (χ1n) is 3.92. The summed E-state index contributed by atoms with van der Waals surface area (Å²) >= 11 is 0. The molecule has 11 heavy (non-hydrogen) atoms. The minimum atomic E-state index is -0.0999. The van der Waals surface area contributed by atoms with Crippen LogP contribution in [0, 0.1) is 0 Å². The molecule has 0 aliphatic heterocycles. The van der Waals surface area contributed by atoms with E-state index in [-0.39, 0.29) is 12.6 Å². The first-order valence-corrected chi connectivity index (χ1v) is 5.21. The molecule has 0 amide bonds. The van der Waals surface area contributed by atoms with E-state index >= 15 is 0 Å². The summed E-state index contributed by atoms with van der Waals surface area (Å²) in [5.74, 6) is 0. The molecule has 4 heteroatoms. The molecule has 1 atom stereocenters. The summed E-state index contributed by atoms with van der Waals surface area (Å²) in [7, 11) is 0.543. The van der Waals surface area contributed by atoms with Crippen LogP contribution in [0.2, 0.25) is 0 Å². The second-order valence-electron chi connectivity index (χ2n) is 1.92. The lowest BCUT2D eigenvalue weighted by Gasteiger charge is -2.15. The van der Waals surface area contributed by atoms with Crippen LogP contribution in [0.15, 0.2) is 0 Å². The molecule has 0 aromatic carbocycles. The van der Waals surface area contributed by atoms with Gasteiger partial charge in [-0.05, 0) is 20.0 Å². The minimum Gasteiger partial charge on any atom is -0.396 e. The van der Waals surface area contributed by atoms with Crippen LogP contribution < -0.4 is 0 Å². The highest BCUT2D eigenvalue weighted by molar-refractivity contribution is 7.38. The van der Waals surface area contributed by atoms with Gasteiger partial charge in [0.1, 0.15) is 0 Å². The van der Waals surface area contributed by atoms with Crippen LogP contribution in [0.1, 0.15) is 13.8 Å². The summed E-state index contributed by atoms with van der Waals surface area (Å²) in [5.41, 5.74) is 0. The Hall–Kier alpha value is 0.310. The second kappa shape index (κ2) is 8.41. The van der Waals surface area contributed by atoms with E-state index < -0.39 is 0 Å². The maximum Gasteiger partial charge on any atom is 0.173 e. The minimum absolute atomic E-state index is 0.0999. The van der Waals surface area contributed by atoms with Gasteiger partial charge in [-0.2, -0.15) is 0 Å². The first kappa shape index (κ1) is 11.3. The Morgan fingerprint density at radius 1 is 1.27 bits per heavy atom. The van der Waals surface area contributed by atoms with Crippen molar-refractivity contribution in [1.29, 1.82) is 0 Å². The summed E-state index contributed by atoms with van der Waals surface area (Å²) in [6, 6.07) is -0.0999. The number of aliphatic hydroxyl groups is 1. The van der Waals surface area contributed by atoms with Crippen LogP contribution in [0.3, 0.4) is 0 Å². The van der Waals surface area contributed by atoms with Gasteiger partial charge < -0.3 is 14.6 Å². The van der Waals surface area contributed by atoms with Crippen molar-refractivity contribution in [1.82, 2.24) is 0 Å². The molecule has 0 aromatic rings. The Kier molecular flexibility index (Phi) is 8.64. The lowest BCUT2D eigenvalue weighted by atomic mass is 10.8. The van der Waals surface area contributed by atoms with Gasteiger partial charge in [0, 0.05) is 19.8 Å². The lowest BCUT2D eigenvalue weighted by molar-refractivity contribution is -0.0765. The molecular weight excluding hydrogens is 163 g/mol. The number of rotatable bonds is 7. The van der Waals surface area contributed by atoms with Crippen LogP contribution in [0.4, 0.5) is 0 Å². The number of hydrogen-bond acceptors (Lipinski definition) is 3. The zero-order valence-electron chi connectivity index (χ0n) is 7.17. The lowest BCUT2D eigenvalue weighted by Crippen LogP contribution is -2.12. The Bertz CT molecular complexity index is 74.1. The fraction of sp³-hybridized carbons (Fsp3) is 1.00. The Labute approximate surface area is 69.9 Å².